The van der Waals surface area contributed by atoms with Gasteiger partial charge in [0.25, 0.3) is 0 Å². The Kier molecular flexibility index (Phi) is 6.61. The van der Waals surface area contributed by atoms with Crippen LogP contribution in [-0.2, 0) is 11.3 Å². The first-order chi connectivity index (χ1) is 10.3. The van der Waals surface area contributed by atoms with Crippen molar-refractivity contribution in [2.24, 2.45) is 0 Å². The van der Waals surface area contributed by atoms with Gasteiger partial charge in [-0.1, -0.05) is 30.5 Å². The van der Waals surface area contributed by atoms with Gasteiger partial charge in [-0.2, -0.15) is 0 Å². The summed E-state index contributed by atoms with van der Waals surface area (Å²) in [6.07, 6.45) is 5.50. The minimum atomic E-state index is 0.469. The summed E-state index contributed by atoms with van der Waals surface area (Å²) in [7, 11) is 3.20. The van der Waals surface area contributed by atoms with Crippen LogP contribution in [0.15, 0.2) is 12.1 Å². The van der Waals surface area contributed by atoms with Crippen LogP contribution in [0.25, 0.3) is 0 Å². The number of hydrogen-bond acceptors (Lipinski definition) is 4. The van der Waals surface area contributed by atoms with Crippen molar-refractivity contribution >= 4 is 11.6 Å². The third-order valence-electron chi connectivity index (χ3n) is 3.82. The molecule has 1 aliphatic carbocycles. The van der Waals surface area contributed by atoms with E-state index in [9.17, 15) is 0 Å². The molecule has 1 aromatic carbocycles. The second kappa shape index (κ2) is 8.47. The number of benzene rings is 1. The fraction of sp³-hybridized carbons (Fsp3) is 0.625. The molecule has 0 aromatic heterocycles. The molecule has 0 radical (unpaired) electrons. The van der Waals surface area contributed by atoms with Crippen molar-refractivity contribution in [1.82, 2.24) is 5.32 Å². The fourth-order valence-corrected chi connectivity index (χ4v) is 2.94. The van der Waals surface area contributed by atoms with Gasteiger partial charge in [0.05, 0.1) is 32.0 Å². The molecule has 5 heteroatoms. The van der Waals surface area contributed by atoms with Gasteiger partial charge in [-0.3, -0.25) is 0 Å². The Morgan fingerprint density at radius 1 is 1.19 bits per heavy atom. The fourth-order valence-electron chi connectivity index (χ4n) is 2.64. The van der Waals surface area contributed by atoms with Crippen molar-refractivity contribution in [3.05, 3.63) is 22.7 Å². The summed E-state index contributed by atoms with van der Waals surface area (Å²) in [5.41, 5.74) is 0.996. The molecule has 1 fully saturated rings. The molecule has 0 heterocycles. The summed E-state index contributed by atoms with van der Waals surface area (Å²) in [5, 5.41) is 3.95. The van der Waals surface area contributed by atoms with E-state index >= 15 is 0 Å². The van der Waals surface area contributed by atoms with E-state index in [1.54, 1.807) is 14.2 Å². The van der Waals surface area contributed by atoms with Crippen LogP contribution in [0, 0.1) is 0 Å². The molecule has 1 aliphatic rings. The van der Waals surface area contributed by atoms with E-state index in [-0.39, 0.29) is 0 Å². The maximum Gasteiger partial charge on any atom is 0.179 e. The van der Waals surface area contributed by atoms with E-state index in [0.717, 1.165) is 18.7 Å². The quantitative estimate of drug-likeness (QED) is 0.747. The first-order valence-corrected chi connectivity index (χ1v) is 7.85. The summed E-state index contributed by atoms with van der Waals surface area (Å²) in [5.74, 6) is 1.23. The van der Waals surface area contributed by atoms with Gasteiger partial charge in [-0.15, -0.1) is 0 Å². The summed E-state index contributed by atoms with van der Waals surface area (Å²) in [6.45, 7) is 2.25. The lowest BCUT2D eigenvalue weighted by Crippen LogP contribution is -2.22. The Morgan fingerprint density at radius 3 is 2.62 bits per heavy atom. The lowest BCUT2D eigenvalue weighted by molar-refractivity contribution is 0.0602. The van der Waals surface area contributed by atoms with Crippen LogP contribution in [0.5, 0.6) is 11.5 Å². The molecule has 2 rings (SSSR count). The van der Waals surface area contributed by atoms with Crippen LogP contribution in [0.2, 0.25) is 5.02 Å². The number of nitrogens with one attached hydrogen (secondary N) is 1. The van der Waals surface area contributed by atoms with Crippen LogP contribution >= 0.6 is 11.6 Å². The van der Waals surface area contributed by atoms with Gasteiger partial charge in [-0.25, -0.2) is 0 Å². The van der Waals surface area contributed by atoms with Crippen molar-refractivity contribution in [3.8, 4) is 11.5 Å². The average Bonchev–Trinajstić information content (AvgIpc) is 3.01. The maximum atomic E-state index is 6.33. The molecule has 0 spiro atoms. The monoisotopic (exact) mass is 313 g/mol. The van der Waals surface area contributed by atoms with E-state index in [1.807, 2.05) is 12.1 Å². The molecule has 0 atom stereocenters. The van der Waals surface area contributed by atoms with Crippen molar-refractivity contribution in [1.29, 1.82) is 0 Å². The SMILES string of the molecule is COc1ccc(CNCCOC2CCCC2)c(Cl)c1OC. The Morgan fingerprint density at radius 2 is 1.95 bits per heavy atom. The highest BCUT2D eigenvalue weighted by atomic mass is 35.5. The topological polar surface area (TPSA) is 39.7 Å². The first-order valence-electron chi connectivity index (χ1n) is 7.48. The second-order valence-electron chi connectivity index (χ2n) is 5.23. The van der Waals surface area contributed by atoms with Gasteiger partial charge in [0.15, 0.2) is 11.5 Å². The maximum absolute atomic E-state index is 6.33. The molecule has 1 saturated carbocycles. The molecule has 0 amide bonds. The minimum absolute atomic E-state index is 0.469. The zero-order valence-electron chi connectivity index (χ0n) is 12.8. The smallest absolute Gasteiger partial charge is 0.179 e. The lowest BCUT2D eigenvalue weighted by Gasteiger charge is -2.14. The molecule has 0 unspecified atom stereocenters. The molecular formula is C16H24ClNO3. The molecule has 4 nitrogen and oxygen atoms in total. The molecular weight excluding hydrogens is 290 g/mol. The third-order valence-corrected chi connectivity index (χ3v) is 4.23. The largest absolute Gasteiger partial charge is 0.493 e. The van der Waals surface area contributed by atoms with Crippen molar-refractivity contribution < 1.29 is 14.2 Å². The number of methoxy groups -OCH3 is 2. The predicted molar refractivity (Wildman–Crippen MR) is 84.5 cm³/mol. The number of ether oxygens (including phenoxy) is 3. The average molecular weight is 314 g/mol. The van der Waals surface area contributed by atoms with Crippen molar-refractivity contribution in [3.63, 3.8) is 0 Å². The molecule has 21 heavy (non-hydrogen) atoms. The molecule has 1 aromatic rings. The van der Waals surface area contributed by atoms with Crippen LogP contribution < -0.4 is 14.8 Å². The van der Waals surface area contributed by atoms with Gasteiger partial charge in [0.2, 0.25) is 0 Å². The van der Waals surface area contributed by atoms with Gasteiger partial charge < -0.3 is 19.5 Å². The lowest BCUT2D eigenvalue weighted by atomic mass is 10.2. The molecule has 1 N–H and O–H groups in total. The highest BCUT2D eigenvalue weighted by molar-refractivity contribution is 6.33. The van der Waals surface area contributed by atoms with Crippen LogP contribution in [0.1, 0.15) is 31.2 Å². The zero-order chi connectivity index (χ0) is 15.1. The number of rotatable bonds is 8. The van der Waals surface area contributed by atoms with Crippen molar-refractivity contribution in [2.45, 2.75) is 38.3 Å². The first kappa shape index (κ1) is 16.4. The standard InChI is InChI=1S/C16H24ClNO3/c1-19-14-8-7-12(15(17)16(14)20-2)11-18-9-10-21-13-5-3-4-6-13/h7-8,13,18H,3-6,9-11H2,1-2H3. The highest BCUT2D eigenvalue weighted by Gasteiger charge is 2.15. The molecule has 0 saturated heterocycles. The second-order valence-corrected chi connectivity index (χ2v) is 5.61. The van der Waals surface area contributed by atoms with Crippen LogP contribution in [-0.4, -0.2) is 33.5 Å². The number of hydrogen-bond donors (Lipinski definition) is 1. The molecule has 0 bridgehead atoms. The van der Waals surface area contributed by atoms with E-state index in [0.29, 0.717) is 29.2 Å². The van der Waals surface area contributed by atoms with E-state index < -0.39 is 0 Å². The van der Waals surface area contributed by atoms with E-state index in [1.165, 1.54) is 25.7 Å². The molecule has 118 valence electrons. The Hall–Kier alpha value is -0.970. The Bertz CT molecular complexity index is 447. The summed E-state index contributed by atoms with van der Waals surface area (Å²) < 4.78 is 16.3. The zero-order valence-corrected chi connectivity index (χ0v) is 13.5. The van der Waals surface area contributed by atoms with E-state index in [2.05, 4.69) is 5.32 Å². The van der Waals surface area contributed by atoms with Crippen LogP contribution in [0.4, 0.5) is 0 Å². The third kappa shape index (κ3) is 4.50. The van der Waals surface area contributed by atoms with Gasteiger partial charge in [0, 0.05) is 13.1 Å². The van der Waals surface area contributed by atoms with Gasteiger partial charge in [-0.05, 0) is 24.5 Å². The Labute approximate surface area is 131 Å². The minimum Gasteiger partial charge on any atom is -0.493 e. The highest BCUT2D eigenvalue weighted by Crippen LogP contribution is 2.37. The molecule has 0 aliphatic heterocycles. The predicted octanol–water partition coefficient (Wildman–Crippen LogP) is 3.41. The normalized spacial score (nSPS) is 15.4. The summed E-state index contributed by atoms with van der Waals surface area (Å²) >= 11 is 6.33. The van der Waals surface area contributed by atoms with E-state index in [4.69, 9.17) is 25.8 Å². The Balaban J connectivity index is 1.77. The van der Waals surface area contributed by atoms with Crippen molar-refractivity contribution in [2.75, 3.05) is 27.4 Å². The van der Waals surface area contributed by atoms with Crippen LogP contribution in [0.3, 0.4) is 0 Å². The number of halogens is 1. The summed E-state index contributed by atoms with van der Waals surface area (Å²) in [4.78, 5) is 0. The van der Waals surface area contributed by atoms with Gasteiger partial charge in [0.1, 0.15) is 0 Å². The van der Waals surface area contributed by atoms with Gasteiger partial charge >= 0.3 is 0 Å². The summed E-state index contributed by atoms with van der Waals surface area (Å²) in [6, 6.07) is 3.82.